The first kappa shape index (κ1) is 24.3. The molecule has 2 aliphatic rings. The van der Waals surface area contributed by atoms with Crippen LogP contribution in [0.1, 0.15) is 67.4 Å². The summed E-state index contributed by atoms with van der Waals surface area (Å²) >= 11 is 0. The van der Waals surface area contributed by atoms with Gasteiger partial charge < -0.3 is 15.0 Å². The SMILES string of the molecule is C[C@@H]1CCC[C@@H](C)N1C(=O)COc1ccc(C(=O)NCc2ccccc2CN2CCCC2)cc1. The molecule has 0 spiro atoms. The molecule has 0 radical (unpaired) electrons. The van der Waals surface area contributed by atoms with Crippen molar-refractivity contribution >= 4 is 11.8 Å². The molecule has 2 heterocycles. The number of nitrogens with one attached hydrogen (secondary N) is 1. The first-order valence-electron chi connectivity index (χ1n) is 12.6. The smallest absolute Gasteiger partial charge is 0.260 e. The zero-order valence-corrected chi connectivity index (χ0v) is 20.5. The number of nitrogens with zero attached hydrogens (tertiary/aromatic N) is 2. The number of rotatable bonds is 8. The molecule has 2 aromatic carbocycles. The van der Waals surface area contributed by atoms with Gasteiger partial charge in [0.25, 0.3) is 11.8 Å². The highest BCUT2D eigenvalue weighted by atomic mass is 16.5. The van der Waals surface area contributed by atoms with Crippen LogP contribution in [0.2, 0.25) is 0 Å². The lowest BCUT2D eigenvalue weighted by Gasteiger charge is -2.38. The third-order valence-corrected chi connectivity index (χ3v) is 7.11. The minimum Gasteiger partial charge on any atom is -0.484 e. The maximum atomic E-state index is 12.7. The number of carbonyl (C=O) groups is 2. The molecular weight excluding hydrogens is 426 g/mol. The second-order valence-corrected chi connectivity index (χ2v) is 9.68. The normalized spacial score (nSPS) is 20.8. The van der Waals surface area contributed by atoms with E-state index in [-0.39, 0.29) is 30.5 Å². The van der Waals surface area contributed by atoms with Gasteiger partial charge in [-0.25, -0.2) is 0 Å². The second kappa shape index (κ2) is 11.5. The predicted octanol–water partition coefficient (Wildman–Crippen LogP) is 4.38. The van der Waals surface area contributed by atoms with E-state index in [4.69, 9.17) is 4.74 Å². The van der Waals surface area contributed by atoms with Crippen LogP contribution in [0.15, 0.2) is 48.5 Å². The molecule has 1 N–H and O–H groups in total. The van der Waals surface area contributed by atoms with Crippen molar-refractivity contribution in [2.24, 2.45) is 0 Å². The summed E-state index contributed by atoms with van der Waals surface area (Å²) < 4.78 is 5.73. The van der Waals surface area contributed by atoms with E-state index in [1.54, 1.807) is 24.3 Å². The number of hydrogen-bond donors (Lipinski definition) is 1. The maximum Gasteiger partial charge on any atom is 0.260 e. The van der Waals surface area contributed by atoms with Gasteiger partial charge in [0.2, 0.25) is 0 Å². The molecule has 6 nitrogen and oxygen atoms in total. The first-order chi connectivity index (χ1) is 16.5. The summed E-state index contributed by atoms with van der Waals surface area (Å²) in [5, 5.41) is 3.04. The van der Waals surface area contributed by atoms with Crippen molar-refractivity contribution in [3.05, 3.63) is 65.2 Å². The molecule has 4 rings (SSSR count). The molecule has 0 unspecified atom stereocenters. The Morgan fingerprint density at radius 1 is 0.912 bits per heavy atom. The standard InChI is InChI=1S/C28H37N3O3/c1-21-8-7-9-22(2)31(21)27(32)20-34-26-14-12-23(13-15-26)28(33)29-18-24-10-3-4-11-25(24)19-30-16-5-6-17-30/h3-4,10-15,21-22H,5-9,16-20H2,1-2H3,(H,29,33)/t21-,22-/m1/s1. The topological polar surface area (TPSA) is 61.9 Å². The van der Waals surface area contributed by atoms with E-state index < -0.39 is 0 Å². The number of ether oxygens (including phenoxy) is 1. The number of piperidine rings is 1. The summed E-state index contributed by atoms with van der Waals surface area (Å²) in [6, 6.07) is 15.8. The largest absolute Gasteiger partial charge is 0.484 e. The first-order valence-corrected chi connectivity index (χ1v) is 12.6. The van der Waals surface area contributed by atoms with E-state index in [9.17, 15) is 9.59 Å². The van der Waals surface area contributed by atoms with Crippen LogP contribution in [0.5, 0.6) is 5.75 Å². The fourth-order valence-electron chi connectivity index (χ4n) is 5.18. The van der Waals surface area contributed by atoms with Gasteiger partial charge in [0, 0.05) is 30.7 Å². The summed E-state index contributed by atoms with van der Waals surface area (Å²) in [6.07, 6.45) is 5.79. The summed E-state index contributed by atoms with van der Waals surface area (Å²) in [7, 11) is 0. The van der Waals surface area contributed by atoms with Gasteiger partial charge in [0.05, 0.1) is 0 Å². The highest BCUT2D eigenvalue weighted by Gasteiger charge is 2.29. The van der Waals surface area contributed by atoms with Crippen LogP contribution in [0.3, 0.4) is 0 Å². The van der Waals surface area contributed by atoms with E-state index in [2.05, 4.69) is 42.3 Å². The second-order valence-electron chi connectivity index (χ2n) is 9.68. The quantitative estimate of drug-likeness (QED) is 0.631. The van der Waals surface area contributed by atoms with E-state index in [0.717, 1.165) is 38.0 Å². The highest BCUT2D eigenvalue weighted by Crippen LogP contribution is 2.23. The molecule has 0 bridgehead atoms. The molecule has 2 saturated heterocycles. The Kier molecular flexibility index (Phi) is 8.22. The van der Waals surface area contributed by atoms with Gasteiger partial charge in [-0.1, -0.05) is 24.3 Å². The third-order valence-electron chi connectivity index (χ3n) is 7.11. The minimum atomic E-state index is -0.116. The average molecular weight is 464 g/mol. The molecule has 0 saturated carbocycles. The van der Waals surface area contributed by atoms with Gasteiger partial charge in [-0.15, -0.1) is 0 Å². The van der Waals surface area contributed by atoms with Crippen LogP contribution in [-0.2, 0) is 17.9 Å². The van der Waals surface area contributed by atoms with Crippen molar-refractivity contribution < 1.29 is 14.3 Å². The van der Waals surface area contributed by atoms with E-state index in [1.165, 1.54) is 24.8 Å². The molecule has 2 atom stereocenters. The highest BCUT2D eigenvalue weighted by molar-refractivity contribution is 5.94. The number of hydrogen-bond acceptors (Lipinski definition) is 4. The van der Waals surface area contributed by atoms with Crippen LogP contribution in [-0.4, -0.2) is 53.4 Å². The van der Waals surface area contributed by atoms with Crippen molar-refractivity contribution in [2.45, 2.75) is 71.1 Å². The Morgan fingerprint density at radius 3 is 2.24 bits per heavy atom. The summed E-state index contributed by atoms with van der Waals surface area (Å²) in [5.41, 5.74) is 3.01. The Bertz CT molecular complexity index is 959. The third kappa shape index (κ3) is 6.17. The predicted molar refractivity (Wildman–Crippen MR) is 134 cm³/mol. The lowest BCUT2D eigenvalue weighted by Crippen LogP contribution is -2.49. The molecule has 182 valence electrons. The Balaban J connectivity index is 1.28. The lowest BCUT2D eigenvalue weighted by atomic mass is 9.97. The molecule has 2 aliphatic heterocycles. The minimum absolute atomic E-state index is 0.0219. The van der Waals surface area contributed by atoms with Crippen LogP contribution < -0.4 is 10.1 Å². The van der Waals surface area contributed by atoms with Crippen LogP contribution in [0.25, 0.3) is 0 Å². The van der Waals surface area contributed by atoms with Gasteiger partial charge in [0.1, 0.15) is 5.75 Å². The summed E-state index contributed by atoms with van der Waals surface area (Å²) in [4.78, 5) is 29.8. The van der Waals surface area contributed by atoms with Crippen LogP contribution in [0, 0.1) is 0 Å². The van der Waals surface area contributed by atoms with Crippen molar-refractivity contribution in [3.63, 3.8) is 0 Å². The van der Waals surface area contributed by atoms with Gasteiger partial charge in [-0.3, -0.25) is 14.5 Å². The summed E-state index contributed by atoms with van der Waals surface area (Å²) in [6.45, 7) is 7.97. The van der Waals surface area contributed by atoms with Gasteiger partial charge >= 0.3 is 0 Å². The fraction of sp³-hybridized carbons (Fsp3) is 0.500. The number of likely N-dealkylation sites (tertiary alicyclic amines) is 2. The van der Waals surface area contributed by atoms with Crippen molar-refractivity contribution in [3.8, 4) is 5.75 Å². The van der Waals surface area contributed by atoms with Gasteiger partial charge in [0.15, 0.2) is 6.61 Å². The molecule has 2 aromatic rings. The Hall–Kier alpha value is -2.86. The molecular formula is C28H37N3O3. The van der Waals surface area contributed by atoms with E-state index in [0.29, 0.717) is 17.9 Å². The number of carbonyl (C=O) groups excluding carboxylic acids is 2. The molecule has 6 heteroatoms. The molecule has 2 fully saturated rings. The maximum absolute atomic E-state index is 12.7. The van der Waals surface area contributed by atoms with Crippen molar-refractivity contribution in [2.75, 3.05) is 19.7 Å². The zero-order chi connectivity index (χ0) is 23.9. The Morgan fingerprint density at radius 2 is 1.56 bits per heavy atom. The van der Waals surface area contributed by atoms with E-state index >= 15 is 0 Å². The molecule has 0 aliphatic carbocycles. The average Bonchev–Trinajstić information content (AvgIpc) is 3.35. The van der Waals surface area contributed by atoms with Gasteiger partial charge in [-0.2, -0.15) is 0 Å². The monoisotopic (exact) mass is 463 g/mol. The molecule has 0 aromatic heterocycles. The van der Waals surface area contributed by atoms with Crippen molar-refractivity contribution in [1.29, 1.82) is 0 Å². The lowest BCUT2D eigenvalue weighted by molar-refractivity contribution is -0.139. The molecule has 34 heavy (non-hydrogen) atoms. The Labute approximate surface area is 203 Å². The number of amides is 2. The molecule has 2 amide bonds. The number of benzene rings is 2. The van der Waals surface area contributed by atoms with Gasteiger partial charge in [-0.05, 0) is 94.4 Å². The van der Waals surface area contributed by atoms with Crippen LogP contribution >= 0.6 is 0 Å². The van der Waals surface area contributed by atoms with Crippen LogP contribution in [0.4, 0.5) is 0 Å². The fourth-order valence-corrected chi connectivity index (χ4v) is 5.18. The van der Waals surface area contributed by atoms with E-state index in [1.807, 2.05) is 11.0 Å². The zero-order valence-electron chi connectivity index (χ0n) is 20.5. The summed E-state index contributed by atoms with van der Waals surface area (Å²) in [5.74, 6) is 0.502. The van der Waals surface area contributed by atoms with Crippen molar-refractivity contribution in [1.82, 2.24) is 15.1 Å².